The Morgan fingerprint density at radius 3 is 2.92 bits per heavy atom. The van der Waals surface area contributed by atoms with Gasteiger partial charge in [0.25, 0.3) is 5.56 Å². The van der Waals surface area contributed by atoms with Gasteiger partial charge < -0.3 is 19.9 Å². The molecular weight excluding hydrogens is 330 g/mol. The molecule has 0 unspecified atom stereocenters. The molecule has 1 aromatic heterocycles. The van der Waals surface area contributed by atoms with E-state index in [-0.39, 0.29) is 22.8 Å². The fraction of sp³-hybridized carbons (Fsp3) is 0.375. The molecule has 2 heterocycles. The van der Waals surface area contributed by atoms with E-state index in [9.17, 15) is 15.0 Å². The van der Waals surface area contributed by atoms with Gasteiger partial charge in [-0.2, -0.15) is 0 Å². The topological polar surface area (TPSA) is 98.7 Å². The van der Waals surface area contributed by atoms with Gasteiger partial charge in [-0.3, -0.25) is 9.69 Å². The highest BCUT2D eigenvalue weighted by Gasteiger charge is 2.22. The number of rotatable bonds is 4. The average molecular weight is 349 g/mol. The minimum atomic E-state index is -0.268. The predicted octanol–water partition coefficient (Wildman–Crippen LogP) is 1.47. The Hall–Kier alpha value is -2.19. The molecule has 0 fully saturated rings. The van der Waals surface area contributed by atoms with Gasteiger partial charge in [0.1, 0.15) is 0 Å². The standard InChI is InChI=1S/C16H19N3O4S/c1-23-13-6-9(5-12(20)14(13)21)7-19-4-3-11-10(8-19)15(22)18-16(17-11)24-2/h5-6,20-21H,3-4,7-8H2,1-2H3,(H,17,18,22). The number of hydrogen-bond acceptors (Lipinski definition) is 7. The monoisotopic (exact) mass is 349 g/mol. The molecule has 0 saturated carbocycles. The number of aromatic nitrogens is 2. The molecule has 8 heteroatoms. The lowest BCUT2D eigenvalue weighted by atomic mass is 10.1. The number of aromatic hydroxyl groups is 2. The Bertz CT molecular complexity index is 822. The SMILES string of the molecule is COc1cc(CN2CCc3nc(SC)[nH]c(=O)c3C2)cc(O)c1O. The highest BCUT2D eigenvalue weighted by molar-refractivity contribution is 7.98. The van der Waals surface area contributed by atoms with Crippen LogP contribution in [0.2, 0.25) is 0 Å². The number of H-pyrrole nitrogens is 1. The fourth-order valence-corrected chi connectivity index (χ4v) is 3.24. The Morgan fingerprint density at radius 1 is 1.42 bits per heavy atom. The molecule has 1 aromatic carbocycles. The van der Waals surface area contributed by atoms with Crippen LogP contribution in [0.15, 0.2) is 22.1 Å². The van der Waals surface area contributed by atoms with Crippen molar-refractivity contribution in [1.82, 2.24) is 14.9 Å². The molecule has 3 rings (SSSR count). The van der Waals surface area contributed by atoms with Gasteiger partial charge in [-0.05, 0) is 24.0 Å². The van der Waals surface area contributed by atoms with Crippen LogP contribution in [0.5, 0.6) is 17.2 Å². The van der Waals surface area contributed by atoms with Crippen LogP contribution in [0, 0.1) is 0 Å². The van der Waals surface area contributed by atoms with Crippen LogP contribution in [0.1, 0.15) is 16.8 Å². The number of nitrogens with one attached hydrogen (secondary N) is 1. The number of phenolic OH excluding ortho intramolecular Hbond substituents is 2. The van der Waals surface area contributed by atoms with Crippen LogP contribution in [-0.4, -0.2) is 45.0 Å². The van der Waals surface area contributed by atoms with Gasteiger partial charge in [0, 0.05) is 26.1 Å². The lowest BCUT2D eigenvalue weighted by Gasteiger charge is -2.27. The van der Waals surface area contributed by atoms with Crippen molar-refractivity contribution in [3.63, 3.8) is 0 Å². The van der Waals surface area contributed by atoms with Gasteiger partial charge in [-0.1, -0.05) is 11.8 Å². The van der Waals surface area contributed by atoms with Gasteiger partial charge in [0.15, 0.2) is 16.7 Å². The number of aromatic amines is 1. The Labute approximate surface area is 143 Å². The molecule has 128 valence electrons. The summed E-state index contributed by atoms with van der Waals surface area (Å²) in [5, 5.41) is 20.1. The van der Waals surface area contributed by atoms with Crippen molar-refractivity contribution in [3.8, 4) is 17.2 Å². The minimum absolute atomic E-state index is 0.0971. The molecule has 0 saturated heterocycles. The molecule has 2 aromatic rings. The maximum atomic E-state index is 12.2. The summed E-state index contributed by atoms with van der Waals surface area (Å²) in [6.45, 7) is 1.80. The second-order valence-corrected chi connectivity index (χ2v) is 6.42. The second kappa shape index (κ2) is 6.74. The molecular formula is C16H19N3O4S. The Morgan fingerprint density at radius 2 is 2.21 bits per heavy atom. The van der Waals surface area contributed by atoms with E-state index in [2.05, 4.69) is 14.9 Å². The first kappa shape index (κ1) is 16.7. The maximum Gasteiger partial charge on any atom is 0.256 e. The van der Waals surface area contributed by atoms with Crippen LogP contribution < -0.4 is 10.3 Å². The van der Waals surface area contributed by atoms with Crippen molar-refractivity contribution in [3.05, 3.63) is 39.3 Å². The molecule has 1 aliphatic rings. The zero-order chi connectivity index (χ0) is 17.3. The third kappa shape index (κ3) is 3.20. The number of ether oxygens (including phenoxy) is 1. The third-order valence-electron chi connectivity index (χ3n) is 4.06. The van der Waals surface area contributed by atoms with Crippen LogP contribution in [-0.2, 0) is 19.5 Å². The number of hydrogen-bond donors (Lipinski definition) is 3. The summed E-state index contributed by atoms with van der Waals surface area (Å²) < 4.78 is 5.06. The smallest absolute Gasteiger partial charge is 0.256 e. The Balaban J connectivity index is 1.82. The normalized spacial score (nSPS) is 14.4. The van der Waals surface area contributed by atoms with Crippen LogP contribution in [0.4, 0.5) is 0 Å². The first-order valence-electron chi connectivity index (χ1n) is 7.49. The first-order valence-corrected chi connectivity index (χ1v) is 8.71. The highest BCUT2D eigenvalue weighted by atomic mass is 32.2. The van der Waals surface area contributed by atoms with Gasteiger partial charge in [-0.15, -0.1) is 0 Å². The number of phenols is 2. The zero-order valence-corrected chi connectivity index (χ0v) is 14.3. The van der Waals surface area contributed by atoms with Crippen LogP contribution in [0.25, 0.3) is 0 Å². The van der Waals surface area contributed by atoms with Crippen molar-refractivity contribution in [2.75, 3.05) is 19.9 Å². The molecule has 24 heavy (non-hydrogen) atoms. The van der Waals surface area contributed by atoms with Crippen LogP contribution >= 0.6 is 11.8 Å². The average Bonchev–Trinajstić information content (AvgIpc) is 2.58. The van der Waals surface area contributed by atoms with Crippen molar-refractivity contribution < 1.29 is 14.9 Å². The summed E-state index contributed by atoms with van der Waals surface area (Å²) in [5.74, 6) is -0.257. The van der Waals surface area contributed by atoms with Gasteiger partial charge in [0.05, 0.1) is 18.4 Å². The lowest BCUT2D eigenvalue weighted by molar-refractivity contribution is 0.240. The quantitative estimate of drug-likeness (QED) is 0.437. The molecule has 1 aliphatic heterocycles. The van der Waals surface area contributed by atoms with E-state index in [4.69, 9.17) is 4.74 Å². The van der Waals surface area contributed by atoms with Crippen molar-refractivity contribution in [1.29, 1.82) is 0 Å². The summed E-state index contributed by atoms with van der Waals surface area (Å²) in [4.78, 5) is 21.6. The molecule has 3 N–H and O–H groups in total. The van der Waals surface area contributed by atoms with Crippen molar-refractivity contribution in [2.45, 2.75) is 24.7 Å². The lowest BCUT2D eigenvalue weighted by Crippen LogP contribution is -2.35. The molecule has 0 spiro atoms. The molecule has 7 nitrogen and oxygen atoms in total. The summed E-state index contributed by atoms with van der Waals surface area (Å²) in [5.41, 5.74) is 2.25. The van der Waals surface area contributed by atoms with E-state index in [1.165, 1.54) is 24.9 Å². The van der Waals surface area contributed by atoms with Gasteiger partial charge in [0.2, 0.25) is 5.75 Å². The number of thioether (sulfide) groups is 1. The minimum Gasteiger partial charge on any atom is -0.504 e. The highest BCUT2D eigenvalue weighted by Crippen LogP contribution is 2.36. The number of benzene rings is 1. The largest absolute Gasteiger partial charge is 0.504 e. The zero-order valence-electron chi connectivity index (χ0n) is 13.5. The first-order chi connectivity index (χ1) is 11.5. The van der Waals surface area contributed by atoms with Gasteiger partial charge in [-0.25, -0.2) is 4.98 Å². The molecule has 0 aliphatic carbocycles. The summed E-state index contributed by atoms with van der Waals surface area (Å²) >= 11 is 1.42. The molecule has 0 bridgehead atoms. The fourth-order valence-electron chi connectivity index (χ4n) is 2.84. The summed E-state index contributed by atoms with van der Waals surface area (Å²) in [7, 11) is 1.43. The van der Waals surface area contributed by atoms with E-state index in [0.717, 1.165) is 17.8 Å². The molecule has 0 amide bonds. The van der Waals surface area contributed by atoms with E-state index in [1.807, 2.05) is 6.26 Å². The Kier molecular flexibility index (Phi) is 4.68. The number of nitrogens with zero attached hydrogens (tertiary/aromatic N) is 2. The van der Waals surface area contributed by atoms with E-state index in [1.54, 1.807) is 6.07 Å². The number of fused-ring (bicyclic) bond motifs is 1. The predicted molar refractivity (Wildman–Crippen MR) is 90.8 cm³/mol. The molecule has 0 atom stereocenters. The third-order valence-corrected chi connectivity index (χ3v) is 4.64. The van der Waals surface area contributed by atoms with Gasteiger partial charge >= 0.3 is 0 Å². The van der Waals surface area contributed by atoms with Crippen LogP contribution in [0.3, 0.4) is 0 Å². The molecule has 0 radical (unpaired) electrons. The van der Waals surface area contributed by atoms with E-state index < -0.39 is 0 Å². The van der Waals surface area contributed by atoms with E-state index in [0.29, 0.717) is 30.2 Å². The maximum absolute atomic E-state index is 12.2. The summed E-state index contributed by atoms with van der Waals surface area (Å²) in [6.07, 6.45) is 2.58. The van der Waals surface area contributed by atoms with Crippen molar-refractivity contribution in [2.24, 2.45) is 0 Å². The second-order valence-electron chi connectivity index (χ2n) is 5.63. The van der Waals surface area contributed by atoms with Crippen molar-refractivity contribution >= 4 is 11.8 Å². The van der Waals surface area contributed by atoms with E-state index >= 15 is 0 Å². The summed E-state index contributed by atoms with van der Waals surface area (Å²) in [6, 6.07) is 3.19. The number of methoxy groups -OCH3 is 1.